The molecule has 0 radical (unpaired) electrons. The quantitative estimate of drug-likeness (QED) is 0.269. The van der Waals surface area contributed by atoms with Crippen molar-refractivity contribution >= 4 is 29.2 Å². The lowest BCUT2D eigenvalue weighted by Crippen LogP contribution is -2.39. The molecule has 2 saturated carbocycles. The lowest BCUT2D eigenvalue weighted by molar-refractivity contribution is -0.0952. The number of aromatic nitrogens is 2. The summed E-state index contributed by atoms with van der Waals surface area (Å²) in [5.41, 5.74) is 2.42. The van der Waals surface area contributed by atoms with E-state index < -0.39 is 5.97 Å². The zero-order valence-electron chi connectivity index (χ0n) is 22.9. The van der Waals surface area contributed by atoms with Crippen molar-refractivity contribution in [3.8, 4) is 28.8 Å². The molecule has 40 heavy (non-hydrogen) atoms. The van der Waals surface area contributed by atoms with Crippen molar-refractivity contribution in [2.24, 2.45) is 5.41 Å². The van der Waals surface area contributed by atoms with Crippen molar-refractivity contribution in [1.82, 2.24) is 10.1 Å². The van der Waals surface area contributed by atoms with Crippen molar-refractivity contribution in [2.75, 3.05) is 7.11 Å². The number of pyridine rings is 1. The van der Waals surface area contributed by atoms with Crippen LogP contribution in [0.4, 0.5) is 0 Å². The molecular weight excluding hydrogens is 551 g/mol. The Morgan fingerprint density at radius 3 is 2.45 bits per heavy atom. The van der Waals surface area contributed by atoms with Crippen molar-refractivity contribution in [1.29, 1.82) is 0 Å². The number of carboxylic acids is 1. The molecule has 9 heteroatoms. The van der Waals surface area contributed by atoms with E-state index >= 15 is 0 Å². The van der Waals surface area contributed by atoms with Gasteiger partial charge in [-0.3, -0.25) is 4.98 Å². The number of halogens is 2. The maximum absolute atomic E-state index is 11.5. The van der Waals surface area contributed by atoms with Gasteiger partial charge in [0.15, 0.2) is 0 Å². The second kappa shape index (κ2) is 11.4. The molecule has 2 fully saturated rings. The molecule has 1 aromatic carbocycles. The van der Waals surface area contributed by atoms with E-state index in [9.17, 15) is 9.90 Å². The molecule has 5 rings (SSSR count). The van der Waals surface area contributed by atoms with E-state index in [0.717, 1.165) is 56.3 Å². The summed E-state index contributed by atoms with van der Waals surface area (Å²) >= 11 is 12.9. The molecule has 2 aliphatic carbocycles. The molecule has 2 aliphatic rings. The van der Waals surface area contributed by atoms with E-state index in [0.29, 0.717) is 45.1 Å². The Balaban J connectivity index is 1.33. The molecule has 1 N–H and O–H groups in total. The minimum Gasteiger partial charge on any atom is -0.497 e. The largest absolute Gasteiger partial charge is 0.497 e. The molecule has 0 spiro atoms. The minimum absolute atomic E-state index is 0.156. The Kier molecular flexibility index (Phi) is 8.15. The van der Waals surface area contributed by atoms with Gasteiger partial charge in [-0.25, -0.2) is 4.79 Å². The number of aromatic carboxylic acids is 1. The van der Waals surface area contributed by atoms with E-state index in [1.807, 2.05) is 0 Å². The molecule has 0 bridgehead atoms. The van der Waals surface area contributed by atoms with Crippen molar-refractivity contribution < 1.29 is 23.9 Å². The maximum atomic E-state index is 11.5. The van der Waals surface area contributed by atoms with E-state index in [-0.39, 0.29) is 16.6 Å². The third-order valence-electron chi connectivity index (χ3n) is 8.19. The predicted molar refractivity (Wildman–Crippen MR) is 153 cm³/mol. The highest BCUT2D eigenvalue weighted by atomic mass is 35.5. The first-order valence-corrected chi connectivity index (χ1v) is 14.3. The molecule has 210 valence electrons. The number of hydrogen-bond acceptors (Lipinski definition) is 6. The van der Waals surface area contributed by atoms with E-state index in [1.165, 1.54) is 13.2 Å². The summed E-state index contributed by atoms with van der Waals surface area (Å²) in [7, 11) is 1.52. The molecule has 7 nitrogen and oxygen atoms in total. The molecule has 2 aromatic heterocycles. The monoisotopic (exact) mass is 582 g/mol. The van der Waals surface area contributed by atoms with Gasteiger partial charge in [0.2, 0.25) is 0 Å². The molecular formula is C31H32Cl2N2O5. The first kappa shape index (κ1) is 28.5. The highest BCUT2D eigenvalue weighted by molar-refractivity contribution is 6.38. The van der Waals surface area contributed by atoms with Gasteiger partial charge < -0.3 is 19.1 Å². The van der Waals surface area contributed by atoms with Gasteiger partial charge in [0.1, 0.15) is 17.2 Å². The lowest BCUT2D eigenvalue weighted by atomic mass is 9.69. The van der Waals surface area contributed by atoms with Crippen LogP contribution in [-0.4, -0.2) is 33.9 Å². The summed E-state index contributed by atoms with van der Waals surface area (Å²) in [5, 5.41) is 14.6. The standard InChI is InChI=1S/C31H32Cl2N2O5/c1-4-31(11-9-30(2,10-12-31)8-7-19-13-21(29(36)37)15-22(14-19)38-3)39-18-23-27(35-40-28(23)20-5-6-20)26-24(32)16-34-17-25(26)33/h13-17,20H,4-6,9-12,18H2,1-3H3,(H,36,37). The van der Waals surface area contributed by atoms with Crippen LogP contribution in [0.25, 0.3) is 11.3 Å². The van der Waals surface area contributed by atoms with Crippen LogP contribution >= 0.6 is 23.2 Å². The predicted octanol–water partition coefficient (Wildman–Crippen LogP) is 7.93. The summed E-state index contributed by atoms with van der Waals surface area (Å²) in [5.74, 6) is 7.30. The fourth-order valence-corrected chi connectivity index (χ4v) is 5.85. The van der Waals surface area contributed by atoms with E-state index in [1.54, 1.807) is 24.5 Å². The van der Waals surface area contributed by atoms with Gasteiger partial charge in [0.25, 0.3) is 0 Å². The summed E-state index contributed by atoms with van der Waals surface area (Å²) in [6.45, 7) is 4.68. The topological polar surface area (TPSA) is 94.7 Å². The van der Waals surface area contributed by atoms with Crippen LogP contribution in [0, 0.1) is 17.3 Å². The van der Waals surface area contributed by atoms with Crippen molar-refractivity contribution in [3.05, 3.63) is 63.1 Å². The van der Waals surface area contributed by atoms with Gasteiger partial charge in [0, 0.05) is 40.4 Å². The second-order valence-electron chi connectivity index (χ2n) is 11.0. The number of hydrogen-bond donors (Lipinski definition) is 1. The van der Waals surface area contributed by atoms with Crippen LogP contribution < -0.4 is 4.74 Å². The number of methoxy groups -OCH3 is 1. The normalized spacial score (nSPS) is 22.4. The van der Waals surface area contributed by atoms with Gasteiger partial charge in [-0.05, 0) is 70.1 Å². The number of ether oxygens (including phenoxy) is 2. The SMILES string of the molecule is CCC1(OCc2c(-c3c(Cl)cncc3Cl)noc2C2CC2)CCC(C)(C#Cc2cc(OC)cc(C(=O)O)c2)CC1. The first-order chi connectivity index (χ1) is 19.2. The van der Waals surface area contributed by atoms with Crippen LogP contribution in [0.3, 0.4) is 0 Å². The van der Waals surface area contributed by atoms with Crippen LogP contribution in [0.1, 0.15) is 92.0 Å². The van der Waals surface area contributed by atoms with Gasteiger partial charge in [-0.1, -0.05) is 47.1 Å². The van der Waals surface area contributed by atoms with Crippen LogP contribution in [-0.2, 0) is 11.3 Å². The van der Waals surface area contributed by atoms with Crippen molar-refractivity contribution in [3.63, 3.8) is 0 Å². The van der Waals surface area contributed by atoms with Gasteiger partial charge in [-0.2, -0.15) is 0 Å². The molecule has 0 saturated heterocycles. The minimum atomic E-state index is -1.01. The Labute approximate surface area is 244 Å². The third kappa shape index (κ3) is 6.00. The number of nitrogens with zero attached hydrogens (tertiary/aromatic N) is 2. The highest BCUT2D eigenvalue weighted by Gasteiger charge is 2.41. The van der Waals surface area contributed by atoms with E-state index in [2.05, 4.69) is 35.8 Å². The molecule has 0 aliphatic heterocycles. The fourth-order valence-electron chi connectivity index (χ4n) is 5.30. The Bertz CT molecular complexity index is 1460. The van der Waals surface area contributed by atoms with E-state index in [4.69, 9.17) is 37.2 Å². The van der Waals surface area contributed by atoms with Crippen molar-refractivity contribution in [2.45, 2.75) is 76.9 Å². The number of benzene rings is 1. The fraction of sp³-hybridized carbons (Fsp3) is 0.452. The van der Waals surface area contributed by atoms with Gasteiger partial charge >= 0.3 is 5.97 Å². The molecule has 0 unspecified atom stereocenters. The summed E-state index contributed by atoms with van der Waals surface area (Å²) in [6, 6.07) is 4.84. The molecule has 0 amide bonds. The second-order valence-corrected chi connectivity index (χ2v) is 11.8. The lowest BCUT2D eigenvalue weighted by Gasteiger charge is -2.42. The average Bonchev–Trinajstić information content (AvgIpc) is 3.71. The number of rotatable bonds is 8. The smallest absolute Gasteiger partial charge is 0.335 e. The van der Waals surface area contributed by atoms with Crippen LogP contribution in [0.2, 0.25) is 10.0 Å². The molecule has 0 atom stereocenters. The average molecular weight is 584 g/mol. The summed E-state index contributed by atoms with van der Waals surface area (Å²) in [4.78, 5) is 15.6. The Hall–Kier alpha value is -3.05. The maximum Gasteiger partial charge on any atom is 0.335 e. The van der Waals surface area contributed by atoms with Crippen LogP contribution in [0.5, 0.6) is 5.75 Å². The third-order valence-corrected chi connectivity index (χ3v) is 8.76. The zero-order valence-corrected chi connectivity index (χ0v) is 24.4. The number of carboxylic acid groups (broad SMARTS) is 1. The zero-order chi connectivity index (χ0) is 28.5. The first-order valence-electron chi connectivity index (χ1n) is 13.5. The van der Waals surface area contributed by atoms with Crippen LogP contribution in [0.15, 0.2) is 35.1 Å². The molecule has 2 heterocycles. The summed E-state index contributed by atoms with van der Waals surface area (Å²) in [6.07, 6.45) is 9.53. The number of carbonyl (C=O) groups is 1. The van der Waals surface area contributed by atoms with Gasteiger partial charge in [0.05, 0.1) is 34.9 Å². The molecule has 3 aromatic rings. The Morgan fingerprint density at radius 2 is 1.85 bits per heavy atom. The Morgan fingerprint density at radius 1 is 1.15 bits per heavy atom. The van der Waals surface area contributed by atoms with Gasteiger partial charge in [-0.15, -0.1) is 0 Å². The summed E-state index contributed by atoms with van der Waals surface area (Å²) < 4.78 is 17.8. The highest BCUT2D eigenvalue weighted by Crippen LogP contribution is 2.48.